The zero-order valence-electron chi connectivity index (χ0n) is 17.5. The molecule has 0 aliphatic carbocycles. The zero-order valence-corrected chi connectivity index (χ0v) is 17.5. The highest BCUT2D eigenvalue weighted by molar-refractivity contribution is 5.95. The van der Waals surface area contributed by atoms with E-state index in [1.54, 1.807) is 12.1 Å². The third-order valence-corrected chi connectivity index (χ3v) is 5.70. The van der Waals surface area contributed by atoms with Gasteiger partial charge in [-0.1, -0.05) is 5.92 Å². The monoisotopic (exact) mass is 411 g/mol. The molecule has 2 heterocycles. The molecular formula is C22H29N5O3. The van der Waals surface area contributed by atoms with Gasteiger partial charge in [0, 0.05) is 56.9 Å². The van der Waals surface area contributed by atoms with Crippen molar-refractivity contribution in [2.24, 2.45) is 0 Å². The van der Waals surface area contributed by atoms with Gasteiger partial charge in [0.05, 0.1) is 12.6 Å². The first-order valence-electron chi connectivity index (χ1n) is 10.2. The summed E-state index contributed by atoms with van der Waals surface area (Å²) < 4.78 is 0. The van der Waals surface area contributed by atoms with Crippen LogP contribution in [0.25, 0.3) is 0 Å². The van der Waals surface area contributed by atoms with Crippen molar-refractivity contribution in [3.8, 4) is 12.3 Å². The molecule has 3 rings (SSSR count). The van der Waals surface area contributed by atoms with Crippen LogP contribution in [-0.4, -0.2) is 74.5 Å². The maximum absolute atomic E-state index is 12.7. The summed E-state index contributed by atoms with van der Waals surface area (Å²) in [6.07, 6.45) is 6.70. The molecule has 3 atom stereocenters. The number of carbonyl (C=O) groups excluding carboxylic acids is 3. The molecule has 0 aromatic heterocycles. The zero-order chi connectivity index (χ0) is 21.7. The van der Waals surface area contributed by atoms with E-state index in [-0.39, 0.29) is 42.4 Å². The van der Waals surface area contributed by atoms with Crippen LogP contribution in [0.4, 0.5) is 5.69 Å². The molecule has 3 amide bonds. The van der Waals surface area contributed by atoms with Crippen molar-refractivity contribution < 1.29 is 14.4 Å². The SMILES string of the molecule is C#CCNC(=O)CCC1CNC(=O)C2CC(NC(=O)c3ccc(N(C)C)cc3)CN12. The molecule has 2 fully saturated rings. The van der Waals surface area contributed by atoms with Crippen molar-refractivity contribution in [2.45, 2.75) is 37.4 Å². The first kappa shape index (κ1) is 21.7. The number of piperazine rings is 1. The Morgan fingerprint density at radius 3 is 2.70 bits per heavy atom. The van der Waals surface area contributed by atoms with Crippen molar-refractivity contribution >= 4 is 23.4 Å². The number of carbonyl (C=O) groups is 3. The van der Waals surface area contributed by atoms with E-state index < -0.39 is 0 Å². The number of benzene rings is 1. The van der Waals surface area contributed by atoms with E-state index in [4.69, 9.17) is 6.42 Å². The van der Waals surface area contributed by atoms with Gasteiger partial charge in [0.25, 0.3) is 5.91 Å². The number of hydrogen-bond acceptors (Lipinski definition) is 5. The molecular weight excluding hydrogens is 382 g/mol. The molecule has 160 valence electrons. The Morgan fingerprint density at radius 2 is 2.03 bits per heavy atom. The van der Waals surface area contributed by atoms with E-state index in [2.05, 4.69) is 26.8 Å². The van der Waals surface area contributed by atoms with E-state index in [9.17, 15) is 14.4 Å². The Morgan fingerprint density at radius 1 is 1.30 bits per heavy atom. The number of anilines is 1. The highest BCUT2D eigenvalue weighted by Gasteiger charge is 2.43. The molecule has 0 spiro atoms. The van der Waals surface area contributed by atoms with E-state index in [1.807, 2.05) is 31.1 Å². The van der Waals surface area contributed by atoms with E-state index >= 15 is 0 Å². The normalized spacial score (nSPS) is 23.1. The lowest BCUT2D eigenvalue weighted by atomic mass is 10.0. The minimum atomic E-state index is -0.279. The van der Waals surface area contributed by atoms with Gasteiger partial charge in [-0.25, -0.2) is 0 Å². The first-order chi connectivity index (χ1) is 14.4. The molecule has 3 N–H and O–H groups in total. The Balaban J connectivity index is 1.57. The molecule has 1 aromatic rings. The van der Waals surface area contributed by atoms with Crippen LogP contribution < -0.4 is 20.9 Å². The van der Waals surface area contributed by atoms with Gasteiger partial charge in [0.1, 0.15) is 0 Å². The van der Waals surface area contributed by atoms with Crippen molar-refractivity contribution in [2.75, 3.05) is 38.6 Å². The molecule has 3 unspecified atom stereocenters. The fourth-order valence-electron chi connectivity index (χ4n) is 4.06. The smallest absolute Gasteiger partial charge is 0.251 e. The maximum Gasteiger partial charge on any atom is 0.251 e. The Bertz CT molecular complexity index is 830. The molecule has 0 radical (unpaired) electrons. The number of fused-ring (bicyclic) bond motifs is 1. The van der Waals surface area contributed by atoms with Crippen LogP contribution >= 0.6 is 0 Å². The summed E-state index contributed by atoms with van der Waals surface area (Å²) in [7, 11) is 3.90. The van der Waals surface area contributed by atoms with Gasteiger partial charge in [-0.05, 0) is 37.1 Å². The maximum atomic E-state index is 12.7. The third-order valence-electron chi connectivity index (χ3n) is 5.70. The van der Waals surface area contributed by atoms with Gasteiger partial charge in [0.2, 0.25) is 11.8 Å². The van der Waals surface area contributed by atoms with Crippen LogP contribution in [0.5, 0.6) is 0 Å². The predicted molar refractivity (Wildman–Crippen MR) is 115 cm³/mol. The molecule has 2 saturated heterocycles. The lowest BCUT2D eigenvalue weighted by molar-refractivity contribution is -0.129. The van der Waals surface area contributed by atoms with E-state index in [0.29, 0.717) is 37.9 Å². The number of terminal acetylenes is 1. The van der Waals surface area contributed by atoms with Gasteiger partial charge < -0.3 is 20.9 Å². The summed E-state index contributed by atoms with van der Waals surface area (Å²) in [5, 5.41) is 8.65. The minimum Gasteiger partial charge on any atom is -0.378 e. The first-order valence-corrected chi connectivity index (χ1v) is 10.2. The number of nitrogens with zero attached hydrogens (tertiary/aromatic N) is 2. The number of hydrogen-bond donors (Lipinski definition) is 3. The fourth-order valence-corrected chi connectivity index (χ4v) is 4.06. The molecule has 30 heavy (non-hydrogen) atoms. The second kappa shape index (κ2) is 9.63. The van der Waals surface area contributed by atoms with Gasteiger partial charge in [-0.15, -0.1) is 6.42 Å². The minimum absolute atomic E-state index is 0.0184. The molecule has 0 saturated carbocycles. The van der Waals surface area contributed by atoms with Crippen molar-refractivity contribution in [1.82, 2.24) is 20.9 Å². The highest BCUT2D eigenvalue weighted by atomic mass is 16.2. The van der Waals surface area contributed by atoms with Crippen LogP contribution in [0.3, 0.4) is 0 Å². The predicted octanol–water partition coefficient (Wildman–Crippen LogP) is -0.0467. The number of nitrogens with one attached hydrogen (secondary N) is 3. The lowest BCUT2D eigenvalue weighted by Gasteiger charge is -2.37. The van der Waals surface area contributed by atoms with E-state index in [1.165, 1.54) is 0 Å². The average molecular weight is 412 g/mol. The quantitative estimate of drug-likeness (QED) is 0.547. The van der Waals surface area contributed by atoms with Crippen LogP contribution in [0, 0.1) is 12.3 Å². The van der Waals surface area contributed by atoms with Crippen LogP contribution in [-0.2, 0) is 9.59 Å². The Labute approximate surface area is 177 Å². The summed E-state index contributed by atoms with van der Waals surface area (Å²) >= 11 is 0. The summed E-state index contributed by atoms with van der Waals surface area (Å²) in [5.41, 5.74) is 1.62. The second-order valence-corrected chi connectivity index (χ2v) is 7.98. The number of rotatable bonds is 7. The molecule has 2 aliphatic heterocycles. The van der Waals surface area contributed by atoms with Gasteiger partial charge in [0.15, 0.2) is 0 Å². The summed E-state index contributed by atoms with van der Waals surface area (Å²) in [6, 6.07) is 7.08. The van der Waals surface area contributed by atoms with Crippen molar-refractivity contribution in [1.29, 1.82) is 0 Å². The molecule has 1 aromatic carbocycles. The standard InChI is InChI=1S/C22H29N5O3/c1-4-11-23-20(28)10-9-18-13-24-22(30)19-12-16(14-27(18)19)25-21(29)15-5-7-17(8-6-15)26(2)3/h1,5-8,16,18-19H,9-14H2,2-3H3,(H,23,28)(H,24,30)(H,25,29). The Hall–Kier alpha value is -3.05. The number of amides is 3. The van der Waals surface area contributed by atoms with E-state index in [0.717, 1.165) is 5.69 Å². The molecule has 0 bridgehead atoms. The van der Waals surface area contributed by atoms with Crippen molar-refractivity contribution in [3.63, 3.8) is 0 Å². The average Bonchev–Trinajstić information content (AvgIpc) is 3.16. The van der Waals surface area contributed by atoms with Crippen LogP contribution in [0.2, 0.25) is 0 Å². The van der Waals surface area contributed by atoms with Gasteiger partial charge >= 0.3 is 0 Å². The van der Waals surface area contributed by atoms with Gasteiger partial charge in [-0.3, -0.25) is 19.3 Å². The largest absolute Gasteiger partial charge is 0.378 e. The summed E-state index contributed by atoms with van der Waals surface area (Å²) in [6.45, 7) is 1.32. The van der Waals surface area contributed by atoms with Gasteiger partial charge in [-0.2, -0.15) is 0 Å². The highest BCUT2D eigenvalue weighted by Crippen LogP contribution is 2.26. The molecule has 2 aliphatic rings. The fraction of sp³-hybridized carbons (Fsp3) is 0.500. The lowest BCUT2D eigenvalue weighted by Crippen LogP contribution is -2.58. The second-order valence-electron chi connectivity index (χ2n) is 7.98. The summed E-state index contributed by atoms with van der Waals surface area (Å²) in [5.74, 6) is 2.13. The van der Waals surface area contributed by atoms with Crippen LogP contribution in [0.15, 0.2) is 24.3 Å². The molecule has 8 nitrogen and oxygen atoms in total. The Kier molecular flexibility index (Phi) is 6.95. The molecule has 8 heteroatoms. The van der Waals surface area contributed by atoms with Crippen molar-refractivity contribution in [3.05, 3.63) is 29.8 Å². The third kappa shape index (κ3) is 5.10. The van der Waals surface area contributed by atoms with Crippen LogP contribution in [0.1, 0.15) is 29.6 Å². The topological polar surface area (TPSA) is 93.8 Å². The summed E-state index contributed by atoms with van der Waals surface area (Å²) in [4.78, 5) is 40.9.